The van der Waals surface area contributed by atoms with E-state index >= 15 is 0 Å². The fourth-order valence-corrected chi connectivity index (χ4v) is 6.19. The van der Waals surface area contributed by atoms with Gasteiger partial charge in [0.2, 0.25) is 15.9 Å². The van der Waals surface area contributed by atoms with Crippen molar-refractivity contribution in [3.8, 4) is 5.75 Å². The van der Waals surface area contributed by atoms with Gasteiger partial charge in [0, 0.05) is 6.54 Å². The van der Waals surface area contributed by atoms with Crippen LogP contribution < -0.4 is 10.1 Å². The molecule has 0 unspecified atom stereocenters. The van der Waals surface area contributed by atoms with Gasteiger partial charge < -0.3 is 10.1 Å². The molecular weight excluding hydrogens is 484 g/mol. The number of nitrogens with one attached hydrogen (secondary N) is 1. The Labute approximate surface area is 211 Å². The second-order valence-electron chi connectivity index (χ2n) is 8.58. The summed E-state index contributed by atoms with van der Waals surface area (Å²) in [6.07, 6.45) is 3.26. The highest BCUT2D eigenvalue weighted by Crippen LogP contribution is 2.30. The van der Waals surface area contributed by atoms with E-state index in [4.69, 9.17) is 16.3 Å². The molecule has 1 N–H and O–H groups in total. The lowest BCUT2D eigenvalue weighted by Crippen LogP contribution is -2.43. The van der Waals surface area contributed by atoms with Gasteiger partial charge in [-0.05, 0) is 60.6 Å². The second kappa shape index (κ2) is 11.2. The number of hydrogen-bond donors (Lipinski definition) is 1. The molecule has 0 heterocycles. The van der Waals surface area contributed by atoms with Crippen LogP contribution in [0.15, 0.2) is 77.7 Å². The average molecular weight is 513 g/mol. The molecule has 0 saturated carbocycles. The van der Waals surface area contributed by atoms with Crippen LogP contribution in [0.4, 0.5) is 0 Å². The van der Waals surface area contributed by atoms with Crippen molar-refractivity contribution in [1.82, 2.24) is 9.62 Å². The molecule has 4 rings (SSSR count). The minimum Gasteiger partial charge on any atom is -0.495 e. The van der Waals surface area contributed by atoms with Gasteiger partial charge in [-0.1, -0.05) is 66.2 Å². The SMILES string of the molecule is COc1ccc(S(=O)(=O)N(CCc2ccccc2)CC(=O)N[C@H]2CCCc3ccccc32)cc1Cl. The highest BCUT2D eigenvalue weighted by molar-refractivity contribution is 7.89. The van der Waals surface area contributed by atoms with Crippen LogP contribution in [0.2, 0.25) is 5.02 Å². The molecule has 0 radical (unpaired) electrons. The van der Waals surface area contributed by atoms with E-state index in [-0.39, 0.29) is 35.0 Å². The first-order valence-corrected chi connectivity index (χ1v) is 13.4. The van der Waals surface area contributed by atoms with Crippen molar-refractivity contribution in [3.63, 3.8) is 0 Å². The smallest absolute Gasteiger partial charge is 0.243 e. The number of nitrogens with zero attached hydrogens (tertiary/aromatic N) is 1. The molecule has 0 saturated heterocycles. The maximum absolute atomic E-state index is 13.6. The monoisotopic (exact) mass is 512 g/mol. The molecule has 1 atom stereocenters. The summed E-state index contributed by atoms with van der Waals surface area (Å²) in [6, 6.07) is 21.9. The molecule has 1 aliphatic rings. The lowest BCUT2D eigenvalue weighted by molar-refractivity contribution is -0.122. The number of ether oxygens (including phenoxy) is 1. The molecule has 8 heteroatoms. The van der Waals surface area contributed by atoms with Gasteiger partial charge in [-0.15, -0.1) is 0 Å². The first-order valence-electron chi connectivity index (χ1n) is 11.6. The van der Waals surface area contributed by atoms with E-state index in [0.29, 0.717) is 12.2 Å². The molecule has 0 aromatic heterocycles. The molecule has 1 amide bonds. The summed E-state index contributed by atoms with van der Waals surface area (Å²) >= 11 is 6.21. The van der Waals surface area contributed by atoms with E-state index in [9.17, 15) is 13.2 Å². The summed E-state index contributed by atoms with van der Waals surface area (Å²) < 4.78 is 33.5. The fourth-order valence-electron chi connectivity index (χ4n) is 4.44. The van der Waals surface area contributed by atoms with Crippen LogP contribution in [0.1, 0.15) is 35.6 Å². The van der Waals surface area contributed by atoms with Crippen LogP contribution in [0.3, 0.4) is 0 Å². The molecule has 35 heavy (non-hydrogen) atoms. The van der Waals surface area contributed by atoms with Crippen molar-refractivity contribution in [2.24, 2.45) is 0 Å². The molecule has 3 aromatic rings. The van der Waals surface area contributed by atoms with E-state index < -0.39 is 10.0 Å². The highest BCUT2D eigenvalue weighted by Gasteiger charge is 2.29. The molecule has 184 valence electrons. The molecule has 6 nitrogen and oxygen atoms in total. The number of hydrogen-bond acceptors (Lipinski definition) is 4. The molecule has 3 aromatic carbocycles. The van der Waals surface area contributed by atoms with Crippen molar-refractivity contribution in [2.75, 3.05) is 20.2 Å². The Morgan fingerprint density at radius 2 is 1.83 bits per heavy atom. The zero-order chi connectivity index (χ0) is 24.8. The van der Waals surface area contributed by atoms with Gasteiger partial charge in [0.25, 0.3) is 0 Å². The summed E-state index contributed by atoms with van der Waals surface area (Å²) in [4.78, 5) is 13.1. The van der Waals surface area contributed by atoms with Crippen LogP contribution >= 0.6 is 11.6 Å². The van der Waals surface area contributed by atoms with E-state index in [0.717, 1.165) is 30.4 Å². The van der Waals surface area contributed by atoms with Crippen molar-refractivity contribution in [3.05, 3.63) is 94.5 Å². The number of sulfonamides is 1. The number of rotatable bonds is 9. The van der Waals surface area contributed by atoms with Crippen molar-refractivity contribution < 1.29 is 17.9 Å². The van der Waals surface area contributed by atoms with Gasteiger partial charge in [0.15, 0.2) is 0 Å². The Bertz CT molecular complexity index is 1280. The zero-order valence-electron chi connectivity index (χ0n) is 19.6. The Morgan fingerprint density at radius 1 is 1.09 bits per heavy atom. The highest BCUT2D eigenvalue weighted by atomic mass is 35.5. The van der Waals surface area contributed by atoms with Gasteiger partial charge in [0.05, 0.1) is 29.6 Å². The fraction of sp³-hybridized carbons (Fsp3) is 0.296. The Kier molecular flexibility index (Phi) is 8.11. The second-order valence-corrected chi connectivity index (χ2v) is 10.9. The summed E-state index contributed by atoms with van der Waals surface area (Å²) in [5, 5.41) is 3.26. The summed E-state index contributed by atoms with van der Waals surface area (Å²) in [5.41, 5.74) is 3.32. The number of carbonyl (C=O) groups is 1. The average Bonchev–Trinajstić information content (AvgIpc) is 2.87. The van der Waals surface area contributed by atoms with Gasteiger partial charge in [-0.3, -0.25) is 4.79 Å². The predicted molar refractivity (Wildman–Crippen MR) is 137 cm³/mol. The third-order valence-electron chi connectivity index (χ3n) is 6.28. The van der Waals surface area contributed by atoms with E-state index in [1.807, 2.05) is 48.5 Å². The maximum Gasteiger partial charge on any atom is 0.243 e. The number of aryl methyl sites for hydroxylation is 1. The van der Waals surface area contributed by atoms with Crippen LogP contribution in [0, 0.1) is 0 Å². The topological polar surface area (TPSA) is 75.7 Å². The number of halogens is 1. The van der Waals surface area contributed by atoms with Crippen LogP contribution in [0.25, 0.3) is 0 Å². The molecule has 1 aliphatic carbocycles. The minimum absolute atomic E-state index is 0.0205. The maximum atomic E-state index is 13.6. The number of fused-ring (bicyclic) bond motifs is 1. The standard InChI is InChI=1S/C27H29ClN2O4S/c1-34-26-15-14-22(18-24(26)28)35(32,33)30(17-16-20-8-3-2-4-9-20)19-27(31)29-25-13-7-11-21-10-5-6-12-23(21)25/h2-6,8-10,12,14-15,18,25H,7,11,13,16-17,19H2,1H3,(H,29,31)/t25-/m0/s1. The van der Waals surface area contributed by atoms with Crippen LogP contribution in [-0.4, -0.2) is 38.8 Å². The third kappa shape index (κ3) is 6.04. The first-order chi connectivity index (χ1) is 16.9. The van der Waals surface area contributed by atoms with E-state index in [2.05, 4.69) is 11.4 Å². The van der Waals surface area contributed by atoms with Gasteiger partial charge in [-0.2, -0.15) is 4.31 Å². The molecule has 0 spiro atoms. The summed E-state index contributed by atoms with van der Waals surface area (Å²) in [6.45, 7) is -0.123. The zero-order valence-corrected chi connectivity index (χ0v) is 21.2. The summed E-state index contributed by atoms with van der Waals surface area (Å²) in [7, 11) is -2.52. The van der Waals surface area contributed by atoms with Gasteiger partial charge in [0.1, 0.15) is 5.75 Å². The normalized spacial score (nSPS) is 15.5. The molecular formula is C27H29ClN2O4S. The van der Waals surface area contributed by atoms with Crippen molar-refractivity contribution in [2.45, 2.75) is 36.6 Å². The summed E-state index contributed by atoms with van der Waals surface area (Å²) in [5.74, 6) is 0.0538. The van der Waals surface area contributed by atoms with Gasteiger partial charge in [-0.25, -0.2) is 8.42 Å². The Hall–Kier alpha value is -2.87. The van der Waals surface area contributed by atoms with Crippen molar-refractivity contribution in [1.29, 1.82) is 0 Å². The lowest BCUT2D eigenvalue weighted by atomic mass is 9.88. The number of amides is 1. The number of benzene rings is 3. The van der Waals surface area contributed by atoms with Crippen molar-refractivity contribution >= 4 is 27.5 Å². The number of methoxy groups -OCH3 is 1. The molecule has 0 bridgehead atoms. The molecule has 0 fully saturated rings. The first kappa shape index (κ1) is 25.2. The van der Waals surface area contributed by atoms with E-state index in [1.165, 1.54) is 35.2 Å². The van der Waals surface area contributed by atoms with Gasteiger partial charge >= 0.3 is 0 Å². The Morgan fingerprint density at radius 3 is 2.57 bits per heavy atom. The molecule has 0 aliphatic heterocycles. The van der Waals surface area contributed by atoms with Crippen LogP contribution in [0.5, 0.6) is 5.75 Å². The van der Waals surface area contributed by atoms with E-state index in [1.54, 1.807) is 0 Å². The lowest BCUT2D eigenvalue weighted by Gasteiger charge is -2.28. The number of carbonyl (C=O) groups excluding carboxylic acids is 1. The largest absolute Gasteiger partial charge is 0.495 e. The Balaban J connectivity index is 1.55. The minimum atomic E-state index is -3.98. The quantitative estimate of drug-likeness (QED) is 0.448. The predicted octanol–water partition coefficient (Wildman–Crippen LogP) is 4.78. The van der Waals surface area contributed by atoms with Crippen LogP contribution in [-0.2, 0) is 27.7 Å². The third-order valence-corrected chi connectivity index (χ3v) is 8.41.